The van der Waals surface area contributed by atoms with E-state index in [-0.39, 0.29) is 6.61 Å². The van der Waals surface area contributed by atoms with E-state index in [0.717, 1.165) is 21.8 Å². The number of aromatic nitrogens is 3. The molecule has 0 aliphatic carbocycles. The molecule has 0 atom stereocenters. The Hall–Kier alpha value is -2.70. The molecule has 2 aromatic carbocycles. The topological polar surface area (TPSA) is 61.0 Å². The molecule has 0 N–H and O–H groups in total. The van der Waals surface area contributed by atoms with E-state index in [4.69, 9.17) is 20.9 Å². The predicted molar refractivity (Wildman–Crippen MR) is 101 cm³/mol. The van der Waals surface area contributed by atoms with E-state index in [2.05, 4.69) is 15.1 Å². The molecular weight excluding hydrogens is 370 g/mol. The maximum absolute atomic E-state index is 5.86. The lowest BCUT2D eigenvalue weighted by Gasteiger charge is -2.02. The number of hydrogen-bond donors (Lipinski definition) is 0. The van der Waals surface area contributed by atoms with Gasteiger partial charge < -0.3 is 9.26 Å². The summed E-state index contributed by atoms with van der Waals surface area (Å²) in [6.07, 6.45) is 0. The highest BCUT2D eigenvalue weighted by atomic mass is 35.5. The number of ether oxygens (including phenoxy) is 1. The van der Waals surface area contributed by atoms with Gasteiger partial charge in [-0.25, -0.2) is 4.98 Å². The van der Waals surface area contributed by atoms with Gasteiger partial charge in [-0.2, -0.15) is 4.98 Å². The van der Waals surface area contributed by atoms with Crippen LogP contribution in [0.15, 0.2) is 58.4 Å². The Balaban J connectivity index is 1.50. The first-order valence-corrected chi connectivity index (χ1v) is 9.17. The van der Waals surface area contributed by atoms with E-state index in [0.29, 0.717) is 22.5 Å². The first-order valence-electron chi connectivity index (χ1n) is 7.91. The van der Waals surface area contributed by atoms with Crippen molar-refractivity contribution in [3.63, 3.8) is 0 Å². The smallest absolute Gasteiger partial charge is 0.264 e. The quantitative estimate of drug-likeness (QED) is 0.461. The van der Waals surface area contributed by atoms with Gasteiger partial charge in [0, 0.05) is 21.5 Å². The molecule has 4 aromatic rings. The van der Waals surface area contributed by atoms with E-state index >= 15 is 0 Å². The zero-order valence-electron chi connectivity index (χ0n) is 13.8. The molecule has 130 valence electrons. The standard InChI is InChI=1S/C19H14ClN3O2S/c1-12-21-17(11-26-12)13-3-2-4-14(9-13)19-22-18(25-23-19)10-24-16-7-5-15(20)6-8-16/h2-9,11H,10H2,1H3. The highest BCUT2D eigenvalue weighted by molar-refractivity contribution is 7.09. The second kappa shape index (κ2) is 7.27. The molecule has 0 radical (unpaired) electrons. The van der Waals surface area contributed by atoms with Crippen LogP contribution in [0.5, 0.6) is 5.75 Å². The van der Waals surface area contributed by atoms with E-state index in [9.17, 15) is 0 Å². The lowest BCUT2D eigenvalue weighted by molar-refractivity contribution is 0.243. The van der Waals surface area contributed by atoms with Gasteiger partial charge in [0.1, 0.15) is 5.75 Å². The molecule has 0 aliphatic heterocycles. The van der Waals surface area contributed by atoms with Crippen molar-refractivity contribution >= 4 is 22.9 Å². The monoisotopic (exact) mass is 383 g/mol. The molecular formula is C19H14ClN3O2S. The van der Waals surface area contributed by atoms with Crippen LogP contribution in [-0.4, -0.2) is 15.1 Å². The molecule has 0 bridgehead atoms. The molecule has 0 aliphatic rings. The highest BCUT2D eigenvalue weighted by Crippen LogP contribution is 2.26. The summed E-state index contributed by atoms with van der Waals surface area (Å²) in [5, 5.41) is 7.78. The largest absolute Gasteiger partial charge is 0.484 e. The first kappa shape index (κ1) is 16.8. The minimum absolute atomic E-state index is 0.194. The zero-order chi connectivity index (χ0) is 17.9. The Morgan fingerprint density at radius 3 is 2.65 bits per heavy atom. The fourth-order valence-corrected chi connectivity index (χ4v) is 3.17. The second-order valence-electron chi connectivity index (χ2n) is 5.59. The van der Waals surface area contributed by atoms with Gasteiger partial charge in [-0.05, 0) is 37.3 Å². The number of nitrogens with zero attached hydrogens (tertiary/aromatic N) is 3. The van der Waals surface area contributed by atoms with Gasteiger partial charge in [-0.3, -0.25) is 0 Å². The summed E-state index contributed by atoms with van der Waals surface area (Å²) in [4.78, 5) is 8.92. The van der Waals surface area contributed by atoms with E-state index in [1.54, 1.807) is 35.6 Å². The van der Waals surface area contributed by atoms with Crippen molar-refractivity contribution in [3.8, 4) is 28.4 Å². The van der Waals surface area contributed by atoms with Crippen LogP contribution in [0.25, 0.3) is 22.6 Å². The van der Waals surface area contributed by atoms with Crippen molar-refractivity contribution in [1.82, 2.24) is 15.1 Å². The Morgan fingerprint density at radius 1 is 1.08 bits per heavy atom. The average molecular weight is 384 g/mol. The molecule has 0 unspecified atom stereocenters. The van der Waals surface area contributed by atoms with Crippen LogP contribution < -0.4 is 4.74 Å². The number of thiazole rings is 1. The average Bonchev–Trinajstić information content (AvgIpc) is 3.31. The summed E-state index contributed by atoms with van der Waals surface area (Å²) in [6, 6.07) is 15.0. The maximum Gasteiger partial charge on any atom is 0.264 e. The summed E-state index contributed by atoms with van der Waals surface area (Å²) in [5.74, 6) is 1.62. The summed E-state index contributed by atoms with van der Waals surface area (Å²) in [6.45, 7) is 2.18. The number of rotatable bonds is 5. The fraction of sp³-hybridized carbons (Fsp3) is 0.105. The van der Waals surface area contributed by atoms with Gasteiger partial charge in [0.2, 0.25) is 5.82 Å². The van der Waals surface area contributed by atoms with Gasteiger partial charge in [-0.1, -0.05) is 35.0 Å². The first-order chi connectivity index (χ1) is 12.7. The number of benzene rings is 2. The maximum atomic E-state index is 5.86. The molecule has 7 heteroatoms. The number of aryl methyl sites for hydroxylation is 1. The molecule has 0 amide bonds. The third-order valence-electron chi connectivity index (χ3n) is 3.68. The normalized spacial score (nSPS) is 10.8. The van der Waals surface area contributed by atoms with Crippen LogP contribution in [-0.2, 0) is 6.61 Å². The van der Waals surface area contributed by atoms with Crippen LogP contribution in [0, 0.1) is 6.92 Å². The summed E-state index contributed by atoms with van der Waals surface area (Å²) in [7, 11) is 0. The molecule has 2 heterocycles. The third kappa shape index (κ3) is 3.76. The van der Waals surface area contributed by atoms with Crippen molar-refractivity contribution in [2.75, 3.05) is 0 Å². The lowest BCUT2D eigenvalue weighted by atomic mass is 10.1. The van der Waals surface area contributed by atoms with Gasteiger partial charge >= 0.3 is 0 Å². The van der Waals surface area contributed by atoms with Crippen LogP contribution in [0.4, 0.5) is 0 Å². The highest BCUT2D eigenvalue weighted by Gasteiger charge is 2.11. The summed E-state index contributed by atoms with van der Waals surface area (Å²) >= 11 is 7.48. The van der Waals surface area contributed by atoms with Gasteiger partial charge in [0.05, 0.1) is 10.7 Å². The molecule has 2 aromatic heterocycles. The van der Waals surface area contributed by atoms with Crippen LogP contribution in [0.2, 0.25) is 5.02 Å². The van der Waals surface area contributed by atoms with Crippen molar-refractivity contribution in [1.29, 1.82) is 0 Å². The molecule has 5 nitrogen and oxygen atoms in total. The minimum Gasteiger partial charge on any atom is -0.484 e. The SMILES string of the molecule is Cc1nc(-c2cccc(-c3noc(COc4ccc(Cl)cc4)n3)c2)cs1. The Bertz CT molecular complexity index is 1030. The molecule has 4 rings (SSSR count). The summed E-state index contributed by atoms with van der Waals surface area (Å²) < 4.78 is 10.9. The zero-order valence-corrected chi connectivity index (χ0v) is 15.4. The van der Waals surface area contributed by atoms with Crippen LogP contribution >= 0.6 is 22.9 Å². The van der Waals surface area contributed by atoms with Gasteiger partial charge in [0.15, 0.2) is 6.61 Å². The van der Waals surface area contributed by atoms with Crippen molar-refractivity contribution in [2.45, 2.75) is 13.5 Å². The van der Waals surface area contributed by atoms with E-state index in [1.165, 1.54) is 0 Å². The molecule has 0 saturated carbocycles. The Labute approximate surface area is 159 Å². The Morgan fingerprint density at radius 2 is 1.88 bits per heavy atom. The number of halogens is 1. The van der Waals surface area contributed by atoms with Gasteiger partial charge in [0.25, 0.3) is 5.89 Å². The minimum atomic E-state index is 0.194. The third-order valence-corrected chi connectivity index (χ3v) is 4.71. The molecule has 0 saturated heterocycles. The van der Waals surface area contributed by atoms with Crippen LogP contribution in [0.1, 0.15) is 10.9 Å². The van der Waals surface area contributed by atoms with Crippen molar-refractivity contribution < 1.29 is 9.26 Å². The molecule has 26 heavy (non-hydrogen) atoms. The Kier molecular flexibility index (Phi) is 4.69. The lowest BCUT2D eigenvalue weighted by Crippen LogP contribution is -1.95. The molecule has 0 fully saturated rings. The van der Waals surface area contributed by atoms with E-state index in [1.807, 2.05) is 36.6 Å². The van der Waals surface area contributed by atoms with Crippen molar-refractivity contribution in [3.05, 3.63) is 69.8 Å². The number of hydrogen-bond acceptors (Lipinski definition) is 6. The van der Waals surface area contributed by atoms with Crippen molar-refractivity contribution in [2.24, 2.45) is 0 Å². The summed E-state index contributed by atoms with van der Waals surface area (Å²) in [5.41, 5.74) is 2.84. The molecule has 0 spiro atoms. The van der Waals surface area contributed by atoms with Crippen LogP contribution in [0.3, 0.4) is 0 Å². The van der Waals surface area contributed by atoms with Gasteiger partial charge in [-0.15, -0.1) is 11.3 Å². The van der Waals surface area contributed by atoms with E-state index < -0.39 is 0 Å². The second-order valence-corrected chi connectivity index (χ2v) is 7.09. The predicted octanol–water partition coefficient (Wildman–Crippen LogP) is 5.40. The fourth-order valence-electron chi connectivity index (χ4n) is 2.42.